The van der Waals surface area contributed by atoms with Gasteiger partial charge < -0.3 is 19.9 Å². The number of amides is 1. The van der Waals surface area contributed by atoms with Crippen LogP contribution in [0.1, 0.15) is 20.3 Å². The Morgan fingerprint density at radius 3 is 3.11 bits per heavy atom. The van der Waals surface area contributed by atoms with Gasteiger partial charge in [-0.1, -0.05) is 6.58 Å². The fraction of sp³-hybridized carbons (Fsp3) is 0.368. The number of fused-ring (bicyclic) bond motifs is 1. The summed E-state index contributed by atoms with van der Waals surface area (Å²) in [6, 6.07) is 1.98. The number of aromatic amines is 1. The van der Waals surface area contributed by atoms with E-state index in [1.54, 1.807) is 17.3 Å². The van der Waals surface area contributed by atoms with Crippen LogP contribution in [0.4, 0.5) is 11.6 Å². The van der Waals surface area contributed by atoms with Crippen LogP contribution in [-0.4, -0.2) is 54.2 Å². The lowest BCUT2D eigenvalue weighted by molar-refractivity contribution is -0.126. The van der Waals surface area contributed by atoms with E-state index in [-0.39, 0.29) is 18.1 Å². The number of likely N-dealkylation sites (tertiary alicyclic amines) is 1. The predicted octanol–water partition coefficient (Wildman–Crippen LogP) is 2.47. The number of nitrogens with one attached hydrogen (secondary N) is 2. The van der Waals surface area contributed by atoms with Crippen LogP contribution in [0.2, 0.25) is 0 Å². The molecular formula is C19H23N7O2. The number of carbonyl (C=O) groups is 1. The number of aryl methyl sites for hydroxylation is 1. The van der Waals surface area contributed by atoms with E-state index in [0.717, 1.165) is 24.0 Å². The molecule has 9 nitrogen and oxygen atoms in total. The lowest BCUT2D eigenvalue weighted by atomic mass is 10.2. The number of H-pyrrole nitrogens is 1. The second-order valence-corrected chi connectivity index (χ2v) is 6.82. The molecule has 3 aromatic rings. The third-order valence-electron chi connectivity index (χ3n) is 4.87. The Hall–Kier alpha value is -3.36. The highest BCUT2D eigenvalue weighted by atomic mass is 16.5. The summed E-state index contributed by atoms with van der Waals surface area (Å²) < 4.78 is 8.00. The van der Waals surface area contributed by atoms with Crippen molar-refractivity contribution < 1.29 is 9.53 Å². The molecule has 4 heterocycles. The number of nitrogens with zero attached hydrogens (tertiary/aromatic N) is 5. The summed E-state index contributed by atoms with van der Waals surface area (Å²) in [5.74, 6) is 0.829. The van der Waals surface area contributed by atoms with Gasteiger partial charge in [-0.25, -0.2) is 0 Å². The van der Waals surface area contributed by atoms with Gasteiger partial charge in [0.2, 0.25) is 17.7 Å². The van der Waals surface area contributed by atoms with E-state index < -0.39 is 0 Å². The SMILES string of the molecule is C=CC(=O)N1C[C@H](Oc2nc(Nc3cnn(CC)c3)nc3[nH]ccc23)C[C@@H]1C. The van der Waals surface area contributed by atoms with E-state index >= 15 is 0 Å². The molecule has 0 bridgehead atoms. The Balaban J connectivity index is 1.57. The topological polar surface area (TPSA) is 101 Å². The average Bonchev–Trinajstić information content (AvgIpc) is 3.41. The fourth-order valence-corrected chi connectivity index (χ4v) is 3.44. The monoisotopic (exact) mass is 381 g/mol. The molecule has 0 aromatic carbocycles. The molecule has 0 aliphatic carbocycles. The van der Waals surface area contributed by atoms with Crippen molar-refractivity contribution in [3.05, 3.63) is 37.3 Å². The van der Waals surface area contributed by atoms with Crippen LogP contribution in [0.25, 0.3) is 11.0 Å². The van der Waals surface area contributed by atoms with Gasteiger partial charge in [0.05, 0.1) is 23.8 Å². The molecule has 9 heteroatoms. The van der Waals surface area contributed by atoms with Gasteiger partial charge in [-0.3, -0.25) is 9.48 Å². The third kappa shape index (κ3) is 3.42. The van der Waals surface area contributed by atoms with Crippen molar-refractivity contribution >= 4 is 28.6 Å². The maximum atomic E-state index is 12.0. The molecule has 0 spiro atoms. The minimum Gasteiger partial charge on any atom is -0.472 e. The minimum absolute atomic E-state index is 0.0802. The molecule has 4 rings (SSSR count). The van der Waals surface area contributed by atoms with Gasteiger partial charge in [-0.15, -0.1) is 0 Å². The highest BCUT2D eigenvalue weighted by molar-refractivity contribution is 5.87. The standard InChI is InChI=1S/C19H23N7O2/c1-4-16(27)26-11-14(8-12(26)3)28-18-15-6-7-20-17(15)23-19(24-18)22-13-9-21-25(5-2)10-13/h4,6-7,9-10,12,14H,1,5,8,11H2,2-3H3,(H2,20,22,23,24)/t12-,14+/m0/s1. The van der Waals surface area contributed by atoms with Crippen LogP contribution < -0.4 is 10.1 Å². The summed E-state index contributed by atoms with van der Waals surface area (Å²) in [6.07, 6.45) is 7.36. The van der Waals surface area contributed by atoms with Crippen molar-refractivity contribution in [1.82, 2.24) is 29.6 Å². The summed E-state index contributed by atoms with van der Waals surface area (Å²) in [4.78, 5) is 25.9. The maximum absolute atomic E-state index is 12.0. The fourth-order valence-electron chi connectivity index (χ4n) is 3.44. The number of rotatable bonds is 6. The second kappa shape index (κ2) is 7.34. The molecule has 0 unspecified atom stereocenters. The molecule has 146 valence electrons. The molecule has 1 fully saturated rings. The molecule has 28 heavy (non-hydrogen) atoms. The molecule has 1 amide bonds. The van der Waals surface area contributed by atoms with Gasteiger partial charge in [-0.2, -0.15) is 15.1 Å². The zero-order chi connectivity index (χ0) is 19.7. The quantitative estimate of drug-likeness (QED) is 0.636. The molecular weight excluding hydrogens is 358 g/mol. The summed E-state index contributed by atoms with van der Waals surface area (Å²) in [5.41, 5.74) is 1.48. The van der Waals surface area contributed by atoms with Crippen LogP contribution in [0.5, 0.6) is 5.88 Å². The Labute approximate surface area is 162 Å². The van der Waals surface area contributed by atoms with Gasteiger partial charge >= 0.3 is 0 Å². The van der Waals surface area contributed by atoms with E-state index in [1.165, 1.54) is 6.08 Å². The summed E-state index contributed by atoms with van der Waals surface area (Å²) in [7, 11) is 0. The minimum atomic E-state index is -0.136. The van der Waals surface area contributed by atoms with Crippen molar-refractivity contribution in [1.29, 1.82) is 0 Å². The highest BCUT2D eigenvalue weighted by Crippen LogP contribution is 2.28. The van der Waals surface area contributed by atoms with Crippen LogP contribution in [-0.2, 0) is 11.3 Å². The van der Waals surface area contributed by atoms with Crippen LogP contribution in [0, 0.1) is 0 Å². The number of anilines is 2. The second-order valence-electron chi connectivity index (χ2n) is 6.82. The first kappa shape index (κ1) is 18.0. The van der Waals surface area contributed by atoms with Crippen LogP contribution in [0.15, 0.2) is 37.3 Å². The first-order valence-electron chi connectivity index (χ1n) is 9.31. The van der Waals surface area contributed by atoms with E-state index in [1.807, 2.05) is 30.8 Å². The smallest absolute Gasteiger partial charge is 0.246 e. The molecule has 2 N–H and O–H groups in total. The predicted molar refractivity (Wildman–Crippen MR) is 105 cm³/mol. The third-order valence-corrected chi connectivity index (χ3v) is 4.87. The first-order chi connectivity index (χ1) is 13.6. The average molecular weight is 381 g/mol. The van der Waals surface area contributed by atoms with E-state index in [0.29, 0.717) is 24.0 Å². The van der Waals surface area contributed by atoms with Crippen molar-refractivity contribution in [3.8, 4) is 5.88 Å². The number of carbonyl (C=O) groups excluding carboxylic acids is 1. The molecule has 3 aromatic heterocycles. The zero-order valence-electron chi connectivity index (χ0n) is 15.9. The summed E-state index contributed by atoms with van der Waals surface area (Å²) in [6.45, 7) is 8.89. The summed E-state index contributed by atoms with van der Waals surface area (Å²) >= 11 is 0. The van der Waals surface area contributed by atoms with E-state index in [2.05, 4.69) is 31.9 Å². The lowest BCUT2D eigenvalue weighted by Gasteiger charge is -2.19. The Morgan fingerprint density at radius 1 is 1.50 bits per heavy atom. The Bertz CT molecular complexity index is 1010. The van der Waals surface area contributed by atoms with Crippen LogP contribution >= 0.6 is 0 Å². The van der Waals surface area contributed by atoms with Gasteiger partial charge in [-0.05, 0) is 26.0 Å². The van der Waals surface area contributed by atoms with Crippen molar-refractivity contribution in [3.63, 3.8) is 0 Å². The first-order valence-corrected chi connectivity index (χ1v) is 9.31. The van der Waals surface area contributed by atoms with Crippen molar-refractivity contribution in [2.45, 2.75) is 39.0 Å². The van der Waals surface area contributed by atoms with Gasteiger partial charge in [0.15, 0.2) is 0 Å². The maximum Gasteiger partial charge on any atom is 0.246 e. The van der Waals surface area contributed by atoms with Crippen LogP contribution in [0.3, 0.4) is 0 Å². The zero-order valence-corrected chi connectivity index (χ0v) is 15.9. The van der Waals surface area contributed by atoms with Crippen molar-refractivity contribution in [2.75, 3.05) is 11.9 Å². The largest absolute Gasteiger partial charge is 0.472 e. The molecule has 1 aliphatic heterocycles. The lowest BCUT2D eigenvalue weighted by Crippen LogP contribution is -2.33. The van der Waals surface area contributed by atoms with E-state index in [4.69, 9.17) is 4.74 Å². The molecule has 1 saturated heterocycles. The molecule has 0 radical (unpaired) electrons. The molecule has 1 aliphatic rings. The Kier molecular flexibility index (Phi) is 4.72. The molecule has 2 atom stereocenters. The van der Waals surface area contributed by atoms with Gasteiger partial charge in [0.25, 0.3) is 0 Å². The van der Waals surface area contributed by atoms with E-state index in [9.17, 15) is 4.79 Å². The number of hydrogen-bond donors (Lipinski definition) is 2. The Morgan fingerprint density at radius 2 is 2.36 bits per heavy atom. The molecule has 0 saturated carbocycles. The van der Waals surface area contributed by atoms with Gasteiger partial charge in [0.1, 0.15) is 11.8 Å². The van der Waals surface area contributed by atoms with Crippen molar-refractivity contribution in [2.24, 2.45) is 0 Å². The van der Waals surface area contributed by atoms with Gasteiger partial charge in [0, 0.05) is 31.4 Å². The number of aromatic nitrogens is 5. The summed E-state index contributed by atoms with van der Waals surface area (Å²) in [5, 5.41) is 8.21. The normalized spacial score (nSPS) is 19.1. The highest BCUT2D eigenvalue weighted by Gasteiger charge is 2.33. The number of hydrogen-bond acceptors (Lipinski definition) is 6. The number of ether oxygens (including phenoxy) is 1.